The molecule has 2 aliphatic rings. The molecule has 6 atom stereocenters. The molecule has 0 saturated carbocycles. The largest absolute Gasteiger partial charge is 0.463 e. The van der Waals surface area contributed by atoms with E-state index in [1.54, 1.807) is 0 Å². The number of hydrogen-bond donors (Lipinski definition) is 0. The summed E-state index contributed by atoms with van der Waals surface area (Å²) in [7, 11) is 0. The molecule has 2 aliphatic heterocycles. The van der Waals surface area contributed by atoms with E-state index in [9.17, 15) is 19.2 Å². The predicted molar refractivity (Wildman–Crippen MR) is 89.8 cm³/mol. The van der Waals surface area contributed by atoms with Crippen LogP contribution in [0.5, 0.6) is 0 Å². The molecule has 0 bridgehead atoms. The molecular weight excluding hydrogens is 412 g/mol. The summed E-state index contributed by atoms with van der Waals surface area (Å²) < 4.78 is 37.1. The number of carbonyl (C=O) groups excluding carboxylic acids is 4. The van der Waals surface area contributed by atoms with Gasteiger partial charge < -0.3 is 33.2 Å². The van der Waals surface area contributed by atoms with Gasteiger partial charge >= 0.3 is 23.9 Å². The first-order chi connectivity index (χ1) is 14.2. The van der Waals surface area contributed by atoms with Crippen molar-refractivity contribution in [3.8, 4) is 0 Å². The Hall–Kier alpha value is -2.32. The molecule has 2 heterocycles. The molecule has 0 N–H and O–H groups in total. The van der Waals surface area contributed by atoms with Crippen molar-refractivity contribution in [3.05, 3.63) is 0 Å². The molecule has 170 valence electrons. The molecular formula is C17H24O13. The first-order valence-electron chi connectivity index (χ1n) is 8.99. The molecule has 0 aromatic carbocycles. The fraction of sp³-hybridized carbons (Fsp3) is 0.765. The standard InChI is InChI=1S/C17H24O13/c1-8(18)22-5-12-14(26-9(2)19)15(27-10(3)20)16(28-11(4)21)17(29-12)23-6-13-24-7-25-30-13/h12-17H,5-7H2,1-4H3/t12-,13?,14-,15+,16-,17-/m1/s1. The quantitative estimate of drug-likeness (QED) is 0.269. The van der Waals surface area contributed by atoms with Gasteiger partial charge in [0.15, 0.2) is 31.4 Å². The Morgan fingerprint density at radius 1 is 0.800 bits per heavy atom. The molecule has 1 unspecified atom stereocenters. The van der Waals surface area contributed by atoms with Crippen LogP contribution in [0.1, 0.15) is 27.7 Å². The summed E-state index contributed by atoms with van der Waals surface area (Å²) in [5, 5.41) is 0. The fourth-order valence-electron chi connectivity index (χ4n) is 2.81. The minimum atomic E-state index is -1.31. The summed E-state index contributed by atoms with van der Waals surface area (Å²) in [6.07, 6.45) is -7.16. The zero-order valence-corrected chi connectivity index (χ0v) is 16.9. The lowest BCUT2D eigenvalue weighted by Crippen LogP contribution is -2.63. The van der Waals surface area contributed by atoms with Crippen molar-refractivity contribution in [2.24, 2.45) is 0 Å². The van der Waals surface area contributed by atoms with Crippen molar-refractivity contribution in [2.45, 2.75) is 64.7 Å². The Balaban J connectivity index is 2.29. The first kappa shape index (κ1) is 24.0. The van der Waals surface area contributed by atoms with Gasteiger partial charge in [-0.2, -0.15) is 4.89 Å². The second-order valence-electron chi connectivity index (χ2n) is 6.33. The molecule has 2 fully saturated rings. The van der Waals surface area contributed by atoms with Crippen molar-refractivity contribution in [1.82, 2.24) is 0 Å². The van der Waals surface area contributed by atoms with Gasteiger partial charge in [0.05, 0.1) is 0 Å². The Kier molecular flexibility index (Phi) is 8.92. The molecule has 2 saturated heterocycles. The Morgan fingerprint density at radius 3 is 1.93 bits per heavy atom. The van der Waals surface area contributed by atoms with Gasteiger partial charge in [0.1, 0.15) is 19.3 Å². The average molecular weight is 436 g/mol. The van der Waals surface area contributed by atoms with Crippen LogP contribution in [-0.4, -0.2) is 80.9 Å². The molecule has 0 aromatic rings. The van der Waals surface area contributed by atoms with Crippen molar-refractivity contribution in [1.29, 1.82) is 0 Å². The predicted octanol–water partition coefficient (Wildman–Crippen LogP) is -0.652. The van der Waals surface area contributed by atoms with Crippen molar-refractivity contribution >= 4 is 23.9 Å². The minimum absolute atomic E-state index is 0.105. The number of carbonyl (C=O) groups is 4. The lowest BCUT2D eigenvalue weighted by molar-refractivity contribution is -0.329. The van der Waals surface area contributed by atoms with E-state index < -0.39 is 60.9 Å². The van der Waals surface area contributed by atoms with Gasteiger partial charge in [0.2, 0.25) is 6.29 Å². The summed E-state index contributed by atoms with van der Waals surface area (Å²) in [5.41, 5.74) is 0. The van der Waals surface area contributed by atoms with E-state index in [2.05, 4.69) is 4.89 Å². The van der Waals surface area contributed by atoms with E-state index in [0.717, 1.165) is 20.8 Å². The van der Waals surface area contributed by atoms with Crippen LogP contribution in [0.4, 0.5) is 0 Å². The van der Waals surface area contributed by atoms with Crippen LogP contribution < -0.4 is 0 Å². The fourth-order valence-corrected chi connectivity index (χ4v) is 2.81. The van der Waals surface area contributed by atoms with Gasteiger partial charge in [-0.25, -0.2) is 4.89 Å². The number of ether oxygens (including phenoxy) is 7. The molecule has 0 radical (unpaired) electrons. The van der Waals surface area contributed by atoms with Gasteiger partial charge in [0, 0.05) is 27.7 Å². The van der Waals surface area contributed by atoms with Gasteiger partial charge in [-0.3, -0.25) is 19.2 Å². The SMILES string of the molecule is CC(=O)OC[C@H]1O[C@@H](OCC2OCOO2)[C@H](OC(C)=O)[C@@H](OC(C)=O)[C@@H]1OC(C)=O. The first-order valence-corrected chi connectivity index (χ1v) is 8.99. The molecule has 0 aliphatic carbocycles. The minimum Gasteiger partial charge on any atom is -0.463 e. The lowest BCUT2D eigenvalue weighted by atomic mass is 9.98. The highest BCUT2D eigenvalue weighted by Crippen LogP contribution is 2.30. The third kappa shape index (κ3) is 7.18. The topological polar surface area (TPSA) is 151 Å². The maximum absolute atomic E-state index is 11.7. The van der Waals surface area contributed by atoms with Crippen LogP contribution in [0.15, 0.2) is 0 Å². The highest BCUT2D eigenvalue weighted by Gasteiger charge is 2.53. The van der Waals surface area contributed by atoms with Crippen LogP contribution in [0.25, 0.3) is 0 Å². The molecule has 0 aromatic heterocycles. The summed E-state index contributed by atoms with van der Waals surface area (Å²) in [4.78, 5) is 55.6. The van der Waals surface area contributed by atoms with E-state index in [-0.39, 0.29) is 20.0 Å². The van der Waals surface area contributed by atoms with Crippen molar-refractivity contribution in [2.75, 3.05) is 20.0 Å². The van der Waals surface area contributed by atoms with E-state index in [4.69, 9.17) is 38.0 Å². The smallest absolute Gasteiger partial charge is 0.303 e. The zero-order chi connectivity index (χ0) is 22.3. The monoisotopic (exact) mass is 436 g/mol. The molecule has 13 heteroatoms. The average Bonchev–Trinajstić information content (AvgIpc) is 3.15. The number of esters is 4. The van der Waals surface area contributed by atoms with Gasteiger partial charge in [-0.15, -0.1) is 0 Å². The maximum Gasteiger partial charge on any atom is 0.303 e. The van der Waals surface area contributed by atoms with E-state index in [1.165, 1.54) is 6.92 Å². The molecule has 0 spiro atoms. The van der Waals surface area contributed by atoms with Crippen LogP contribution >= 0.6 is 0 Å². The van der Waals surface area contributed by atoms with E-state index in [1.807, 2.05) is 0 Å². The van der Waals surface area contributed by atoms with Crippen molar-refractivity contribution in [3.63, 3.8) is 0 Å². The van der Waals surface area contributed by atoms with E-state index >= 15 is 0 Å². The van der Waals surface area contributed by atoms with Gasteiger partial charge in [-0.05, 0) is 0 Å². The van der Waals surface area contributed by atoms with Gasteiger partial charge in [0.25, 0.3) is 0 Å². The Morgan fingerprint density at radius 2 is 1.40 bits per heavy atom. The van der Waals surface area contributed by atoms with Crippen LogP contribution in [-0.2, 0) is 62.1 Å². The summed E-state index contributed by atoms with van der Waals surface area (Å²) in [5.74, 6) is -2.81. The second-order valence-corrected chi connectivity index (χ2v) is 6.33. The van der Waals surface area contributed by atoms with Crippen LogP contribution in [0.3, 0.4) is 0 Å². The number of hydrogen-bond acceptors (Lipinski definition) is 13. The highest BCUT2D eigenvalue weighted by molar-refractivity contribution is 5.68. The Bertz CT molecular complexity index is 629. The summed E-state index contributed by atoms with van der Waals surface area (Å²) in [6.45, 7) is 3.91. The highest BCUT2D eigenvalue weighted by atomic mass is 17.3. The third-order valence-electron chi connectivity index (χ3n) is 3.82. The van der Waals surface area contributed by atoms with Crippen molar-refractivity contribution < 1.29 is 62.1 Å². The second kappa shape index (κ2) is 11.2. The van der Waals surface area contributed by atoms with E-state index in [0.29, 0.717) is 0 Å². The lowest BCUT2D eigenvalue weighted by Gasteiger charge is -2.44. The zero-order valence-electron chi connectivity index (χ0n) is 16.9. The van der Waals surface area contributed by atoms with Gasteiger partial charge in [-0.1, -0.05) is 0 Å². The molecule has 30 heavy (non-hydrogen) atoms. The summed E-state index contributed by atoms with van der Waals surface area (Å²) >= 11 is 0. The van der Waals surface area contributed by atoms with Crippen LogP contribution in [0, 0.1) is 0 Å². The normalized spacial score (nSPS) is 30.9. The molecule has 2 rings (SSSR count). The molecule has 13 nitrogen and oxygen atoms in total. The summed E-state index contributed by atoms with van der Waals surface area (Å²) in [6, 6.07) is 0. The number of rotatable bonds is 8. The third-order valence-corrected chi connectivity index (χ3v) is 3.82. The van der Waals surface area contributed by atoms with Crippen LogP contribution in [0.2, 0.25) is 0 Å². The molecule has 0 amide bonds. The Labute approximate surface area is 171 Å². The maximum atomic E-state index is 11.7.